The Morgan fingerprint density at radius 2 is 1.84 bits per heavy atom. The Hall–Kier alpha value is -1.22. The molecule has 5 unspecified atom stereocenters. The molecule has 2 fully saturated rings. The molecule has 0 amide bonds. The van der Waals surface area contributed by atoms with Crippen LogP contribution in [0.3, 0.4) is 0 Å². The Bertz CT molecular complexity index is 717. The van der Waals surface area contributed by atoms with Crippen LogP contribution in [0.25, 0.3) is 0 Å². The summed E-state index contributed by atoms with van der Waals surface area (Å²) in [6.45, 7) is 8.17. The molecule has 25 heavy (non-hydrogen) atoms. The van der Waals surface area contributed by atoms with E-state index in [4.69, 9.17) is 0 Å². The van der Waals surface area contributed by atoms with Crippen molar-refractivity contribution in [3.8, 4) is 0 Å². The fourth-order valence-electron chi connectivity index (χ4n) is 7.01. The van der Waals surface area contributed by atoms with Crippen LogP contribution >= 0.6 is 0 Å². The highest BCUT2D eigenvalue weighted by molar-refractivity contribution is 5.92. The lowest BCUT2D eigenvalue weighted by molar-refractivity contribution is -0.156. The van der Waals surface area contributed by atoms with E-state index in [0.29, 0.717) is 30.6 Å². The van der Waals surface area contributed by atoms with Gasteiger partial charge in [0.2, 0.25) is 0 Å². The third-order valence-corrected chi connectivity index (χ3v) is 8.56. The quantitative estimate of drug-likeness (QED) is 0.783. The Morgan fingerprint density at radius 3 is 2.52 bits per heavy atom. The highest BCUT2D eigenvalue weighted by atomic mass is 16.3. The van der Waals surface area contributed by atoms with Gasteiger partial charge in [-0.3, -0.25) is 9.59 Å². The highest BCUT2D eigenvalue weighted by Crippen LogP contribution is 2.67. The van der Waals surface area contributed by atoms with Crippen LogP contribution in [0.2, 0.25) is 0 Å². The maximum absolute atomic E-state index is 12.3. The molecular weight excluding hydrogens is 312 g/mol. The summed E-state index contributed by atoms with van der Waals surface area (Å²) in [5.74, 6) is 1.46. The second kappa shape index (κ2) is 5.16. The lowest BCUT2D eigenvalue weighted by atomic mass is 9.47. The van der Waals surface area contributed by atoms with Crippen molar-refractivity contribution in [2.24, 2.45) is 28.6 Å². The van der Waals surface area contributed by atoms with E-state index < -0.39 is 5.60 Å². The number of carbonyl (C=O) groups is 2. The van der Waals surface area contributed by atoms with Crippen LogP contribution in [-0.4, -0.2) is 22.3 Å². The molecule has 4 rings (SSSR count). The van der Waals surface area contributed by atoms with E-state index in [9.17, 15) is 14.7 Å². The van der Waals surface area contributed by atoms with Gasteiger partial charge in [-0.2, -0.15) is 0 Å². The first-order valence-electron chi connectivity index (χ1n) is 9.81. The Balaban J connectivity index is 1.80. The third kappa shape index (κ3) is 2.02. The first-order valence-corrected chi connectivity index (χ1v) is 9.81. The van der Waals surface area contributed by atoms with Gasteiger partial charge in [-0.25, -0.2) is 0 Å². The molecule has 0 radical (unpaired) electrons. The molecule has 0 aromatic rings. The summed E-state index contributed by atoms with van der Waals surface area (Å²) >= 11 is 0. The van der Waals surface area contributed by atoms with E-state index in [1.807, 2.05) is 6.08 Å². The molecule has 136 valence electrons. The zero-order valence-corrected chi connectivity index (χ0v) is 15.9. The topological polar surface area (TPSA) is 54.4 Å². The fourth-order valence-corrected chi connectivity index (χ4v) is 7.01. The van der Waals surface area contributed by atoms with Gasteiger partial charge in [-0.1, -0.05) is 25.5 Å². The molecule has 2 saturated carbocycles. The summed E-state index contributed by atoms with van der Waals surface area (Å²) in [6.07, 6.45) is 9.28. The van der Waals surface area contributed by atoms with Crippen LogP contribution in [0.5, 0.6) is 0 Å². The average Bonchev–Trinajstić information content (AvgIpc) is 2.83. The predicted molar refractivity (Wildman–Crippen MR) is 96.9 cm³/mol. The van der Waals surface area contributed by atoms with E-state index in [1.54, 1.807) is 6.92 Å². The largest absolute Gasteiger partial charge is 0.382 e. The summed E-state index contributed by atoms with van der Waals surface area (Å²) in [6, 6.07) is 0. The van der Waals surface area contributed by atoms with Crippen LogP contribution in [0.1, 0.15) is 66.2 Å². The molecule has 3 heteroatoms. The fraction of sp³-hybridized carbons (Fsp3) is 0.727. The number of Topliss-reactive ketones (excluding diaryl/α,β-unsaturated/α-hetero) is 1. The molecule has 0 bridgehead atoms. The molecule has 4 aliphatic rings. The first-order chi connectivity index (χ1) is 11.6. The number of aliphatic hydroxyl groups is 1. The summed E-state index contributed by atoms with van der Waals surface area (Å²) in [5, 5.41) is 11.2. The second-order valence-corrected chi connectivity index (χ2v) is 9.49. The standard InChI is InChI=1S/C22H30O3/c1-13-11-16-17(20(3)8-5-15(24)12-19(13)20)6-9-21(4)18(16)7-10-22(21,25)14(2)23/h11-12,16-18,25H,5-10H2,1-4H3/t16?,17?,18?,20?,21?,22-/m0/s1. The minimum atomic E-state index is -1.16. The van der Waals surface area contributed by atoms with E-state index in [-0.39, 0.29) is 22.4 Å². The number of allylic oxidation sites excluding steroid dienone is 4. The molecule has 0 heterocycles. The van der Waals surface area contributed by atoms with Crippen LogP contribution < -0.4 is 0 Å². The molecule has 1 N–H and O–H groups in total. The summed E-state index contributed by atoms with van der Waals surface area (Å²) < 4.78 is 0. The number of fused-ring (bicyclic) bond motifs is 5. The van der Waals surface area contributed by atoms with Crippen molar-refractivity contribution in [1.29, 1.82) is 0 Å². The van der Waals surface area contributed by atoms with Crippen LogP contribution in [-0.2, 0) is 9.59 Å². The number of ketones is 2. The van der Waals surface area contributed by atoms with Crippen molar-refractivity contribution in [3.05, 3.63) is 23.3 Å². The zero-order chi connectivity index (χ0) is 18.2. The van der Waals surface area contributed by atoms with Crippen LogP contribution in [0, 0.1) is 28.6 Å². The van der Waals surface area contributed by atoms with Gasteiger partial charge in [0, 0.05) is 11.8 Å². The van der Waals surface area contributed by atoms with Gasteiger partial charge < -0.3 is 5.11 Å². The van der Waals surface area contributed by atoms with E-state index in [0.717, 1.165) is 25.7 Å². The maximum atomic E-state index is 12.3. The van der Waals surface area contributed by atoms with E-state index in [2.05, 4.69) is 26.8 Å². The number of carbonyl (C=O) groups excluding carboxylic acids is 2. The van der Waals surface area contributed by atoms with Crippen molar-refractivity contribution in [2.75, 3.05) is 0 Å². The van der Waals surface area contributed by atoms with Crippen LogP contribution in [0.15, 0.2) is 23.3 Å². The van der Waals surface area contributed by atoms with Gasteiger partial charge in [0.15, 0.2) is 11.6 Å². The SMILES string of the molecule is CC(=O)[C@@]1(O)CCC2C3C=C(C)C4=CC(=O)CCC4(C)C3CCC21C. The molecule has 0 aromatic carbocycles. The average molecular weight is 342 g/mol. The summed E-state index contributed by atoms with van der Waals surface area (Å²) in [7, 11) is 0. The third-order valence-electron chi connectivity index (χ3n) is 8.56. The van der Waals surface area contributed by atoms with E-state index in [1.165, 1.54) is 11.1 Å². The van der Waals surface area contributed by atoms with Gasteiger partial charge in [-0.05, 0) is 80.8 Å². The number of hydrogen-bond donors (Lipinski definition) is 1. The van der Waals surface area contributed by atoms with Crippen LogP contribution in [0.4, 0.5) is 0 Å². The lowest BCUT2D eigenvalue weighted by Crippen LogP contribution is -2.56. The van der Waals surface area contributed by atoms with Crippen molar-refractivity contribution in [2.45, 2.75) is 71.8 Å². The Morgan fingerprint density at radius 1 is 1.16 bits per heavy atom. The molecular formula is C22H30O3. The molecule has 0 aromatic heterocycles. The van der Waals surface area contributed by atoms with Crippen molar-refractivity contribution in [1.82, 2.24) is 0 Å². The second-order valence-electron chi connectivity index (χ2n) is 9.49. The molecule has 4 aliphatic carbocycles. The Labute approximate surface area is 150 Å². The Kier molecular flexibility index (Phi) is 3.55. The maximum Gasteiger partial charge on any atom is 0.161 e. The highest BCUT2D eigenvalue weighted by Gasteiger charge is 2.65. The van der Waals surface area contributed by atoms with Crippen molar-refractivity contribution < 1.29 is 14.7 Å². The molecule has 0 spiro atoms. The monoisotopic (exact) mass is 342 g/mol. The van der Waals surface area contributed by atoms with Crippen molar-refractivity contribution in [3.63, 3.8) is 0 Å². The lowest BCUT2D eigenvalue weighted by Gasteiger charge is -2.57. The smallest absolute Gasteiger partial charge is 0.161 e. The molecule has 3 nitrogen and oxygen atoms in total. The van der Waals surface area contributed by atoms with Gasteiger partial charge in [0.1, 0.15) is 5.60 Å². The van der Waals surface area contributed by atoms with Crippen molar-refractivity contribution >= 4 is 11.6 Å². The molecule has 6 atom stereocenters. The van der Waals surface area contributed by atoms with Gasteiger partial charge in [0.25, 0.3) is 0 Å². The number of rotatable bonds is 1. The minimum absolute atomic E-state index is 0.0651. The first kappa shape index (κ1) is 17.2. The van der Waals surface area contributed by atoms with Gasteiger partial charge >= 0.3 is 0 Å². The zero-order valence-electron chi connectivity index (χ0n) is 15.9. The molecule has 0 aliphatic heterocycles. The summed E-state index contributed by atoms with van der Waals surface area (Å²) in [4.78, 5) is 24.3. The number of hydrogen-bond acceptors (Lipinski definition) is 3. The predicted octanol–water partition coefficient (Wildman–Crippen LogP) is 4.00. The minimum Gasteiger partial charge on any atom is -0.382 e. The van der Waals surface area contributed by atoms with Gasteiger partial charge in [0.05, 0.1) is 0 Å². The summed E-state index contributed by atoms with van der Waals surface area (Å²) in [5.41, 5.74) is 1.06. The van der Waals surface area contributed by atoms with Gasteiger partial charge in [-0.15, -0.1) is 0 Å². The normalized spacial score (nSPS) is 48.8. The molecule has 0 saturated heterocycles. The van der Waals surface area contributed by atoms with E-state index >= 15 is 0 Å².